The fourth-order valence-corrected chi connectivity index (χ4v) is 4.57. The van der Waals surface area contributed by atoms with Crippen LogP contribution in [0, 0.1) is 6.92 Å². The molecule has 0 spiro atoms. The molecule has 0 aliphatic carbocycles. The molecule has 21 heavy (non-hydrogen) atoms. The van der Waals surface area contributed by atoms with Gasteiger partial charge < -0.3 is 5.11 Å². The zero-order valence-corrected chi connectivity index (χ0v) is 15.1. The van der Waals surface area contributed by atoms with E-state index in [1.165, 1.54) is 6.07 Å². The number of aryl methyl sites for hydroxylation is 1. The van der Waals surface area contributed by atoms with Gasteiger partial charge in [-0.1, -0.05) is 12.1 Å². The standard InChI is InChI=1S/C14H13Br2NO3S/c1-9-2-5-13(12(16)6-9)17-21(19,20)14-7-10(8-18)3-4-11(14)15/h2-7,17-18H,8H2,1H3. The largest absolute Gasteiger partial charge is 0.392 e. The molecule has 2 N–H and O–H groups in total. The Bertz CT molecular complexity index is 776. The number of rotatable bonds is 4. The predicted octanol–water partition coefficient (Wildman–Crippen LogP) is 3.81. The van der Waals surface area contributed by atoms with Gasteiger partial charge in [0.15, 0.2) is 0 Å². The van der Waals surface area contributed by atoms with E-state index in [0.717, 1.165) is 5.56 Å². The molecule has 0 bridgehead atoms. The van der Waals surface area contributed by atoms with Crippen molar-refractivity contribution < 1.29 is 13.5 Å². The van der Waals surface area contributed by atoms with Crippen LogP contribution in [0.4, 0.5) is 5.69 Å². The first-order valence-corrected chi connectivity index (χ1v) is 9.08. The van der Waals surface area contributed by atoms with Crippen molar-refractivity contribution in [1.82, 2.24) is 0 Å². The Balaban J connectivity index is 2.43. The molecule has 4 nitrogen and oxygen atoms in total. The number of aliphatic hydroxyl groups excluding tert-OH is 1. The molecule has 2 rings (SSSR count). The fraction of sp³-hybridized carbons (Fsp3) is 0.143. The van der Waals surface area contributed by atoms with E-state index < -0.39 is 10.0 Å². The van der Waals surface area contributed by atoms with Gasteiger partial charge in [0.05, 0.1) is 12.3 Å². The van der Waals surface area contributed by atoms with Crippen molar-refractivity contribution in [3.05, 3.63) is 56.5 Å². The maximum absolute atomic E-state index is 12.5. The van der Waals surface area contributed by atoms with E-state index in [0.29, 0.717) is 20.2 Å². The molecule has 0 saturated carbocycles. The van der Waals surface area contributed by atoms with Gasteiger partial charge in [-0.2, -0.15) is 0 Å². The molecular weight excluding hydrogens is 422 g/mol. The second-order valence-corrected chi connectivity index (χ2v) is 7.87. The van der Waals surface area contributed by atoms with E-state index in [2.05, 4.69) is 36.6 Å². The van der Waals surface area contributed by atoms with E-state index >= 15 is 0 Å². The lowest BCUT2D eigenvalue weighted by Gasteiger charge is -2.12. The van der Waals surface area contributed by atoms with Crippen molar-refractivity contribution in [2.45, 2.75) is 18.4 Å². The third-order valence-electron chi connectivity index (χ3n) is 2.84. The Kier molecular flexibility index (Phi) is 5.08. The summed E-state index contributed by atoms with van der Waals surface area (Å²) in [7, 11) is -3.75. The number of benzene rings is 2. The minimum atomic E-state index is -3.75. The van der Waals surface area contributed by atoms with E-state index in [1.54, 1.807) is 18.2 Å². The molecule has 0 aliphatic heterocycles. The Hall–Kier alpha value is -0.890. The highest BCUT2D eigenvalue weighted by molar-refractivity contribution is 9.11. The molecule has 0 atom stereocenters. The van der Waals surface area contributed by atoms with Gasteiger partial charge in [-0.15, -0.1) is 0 Å². The maximum Gasteiger partial charge on any atom is 0.263 e. The van der Waals surface area contributed by atoms with E-state index in [9.17, 15) is 8.42 Å². The van der Waals surface area contributed by atoms with Crippen molar-refractivity contribution in [3.63, 3.8) is 0 Å². The molecule has 0 aromatic heterocycles. The lowest BCUT2D eigenvalue weighted by molar-refractivity contribution is 0.281. The molecule has 0 heterocycles. The van der Waals surface area contributed by atoms with Crippen molar-refractivity contribution in [3.8, 4) is 0 Å². The third kappa shape index (κ3) is 3.85. The van der Waals surface area contributed by atoms with Gasteiger partial charge in [0.2, 0.25) is 0 Å². The highest BCUT2D eigenvalue weighted by Gasteiger charge is 2.19. The highest BCUT2D eigenvalue weighted by Crippen LogP contribution is 2.29. The summed E-state index contributed by atoms with van der Waals surface area (Å²) in [5.74, 6) is 0. The number of hydrogen-bond donors (Lipinski definition) is 2. The molecule has 0 fully saturated rings. The first-order chi connectivity index (χ1) is 9.83. The number of hydrogen-bond acceptors (Lipinski definition) is 3. The fourth-order valence-electron chi connectivity index (χ4n) is 1.75. The zero-order valence-electron chi connectivity index (χ0n) is 11.1. The summed E-state index contributed by atoms with van der Waals surface area (Å²) in [4.78, 5) is 0.0847. The summed E-state index contributed by atoms with van der Waals surface area (Å²) in [5.41, 5.74) is 2.01. The van der Waals surface area contributed by atoms with E-state index in [4.69, 9.17) is 5.11 Å². The SMILES string of the molecule is Cc1ccc(NS(=O)(=O)c2cc(CO)ccc2Br)c(Br)c1. The monoisotopic (exact) mass is 433 g/mol. The maximum atomic E-state index is 12.5. The van der Waals surface area contributed by atoms with Gasteiger partial charge >= 0.3 is 0 Å². The average molecular weight is 435 g/mol. The molecule has 0 radical (unpaired) electrons. The topological polar surface area (TPSA) is 66.4 Å². The number of aliphatic hydroxyl groups is 1. The molecule has 7 heteroatoms. The Labute approximate surface area is 140 Å². The summed E-state index contributed by atoms with van der Waals surface area (Å²) in [6.07, 6.45) is 0. The van der Waals surface area contributed by atoms with Crippen LogP contribution in [0.3, 0.4) is 0 Å². The number of nitrogens with one attached hydrogen (secondary N) is 1. The van der Waals surface area contributed by atoms with Crippen LogP contribution in [-0.4, -0.2) is 13.5 Å². The molecule has 112 valence electrons. The predicted molar refractivity (Wildman–Crippen MR) is 89.8 cm³/mol. The van der Waals surface area contributed by atoms with Gasteiger partial charge in [-0.3, -0.25) is 4.72 Å². The average Bonchev–Trinajstić information content (AvgIpc) is 2.42. The Morgan fingerprint density at radius 2 is 1.81 bits per heavy atom. The summed E-state index contributed by atoms with van der Waals surface area (Å²) >= 11 is 6.57. The first-order valence-electron chi connectivity index (χ1n) is 6.02. The molecule has 0 amide bonds. The summed E-state index contributed by atoms with van der Waals surface area (Å²) in [6.45, 7) is 1.70. The van der Waals surface area contributed by atoms with Crippen LogP contribution in [0.15, 0.2) is 50.2 Å². The smallest absolute Gasteiger partial charge is 0.263 e. The van der Waals surface area contributed by atoms with Crippen LogP contribution in [0.1, 0.15) is 11.1 Å². The normalized spacial score (nSPS) is 11.4. The second-order valence-electron chi connectivity index (χ2n) is 4.51. The Morgan fingerprint density at radius 1 is 1.10 bits per heavy atom. The van der Waals surface area contributed by atoms with Crippen LogP contribution in [0.25, 0.3) is 0 Å². The van der Waals surface area contributed by atoms with Gasteiger partial charge in [-0.05, 0) is 74.2 Å². The van der Waals surface area contributed by atoms with Crippen molar-refractivity contribution in [2.75, 3.05) is 4.72 Å². The van der Waals surface area contributed by atoms with Gasteiger partial charge in [-0.25, -0.2) is 8.42 Å². The highest BCUT2D eigenvalue weighted by atomic mass is 79.9. The second kappa shape index (κ2) is 6.48. The van der Waals surface area contributed by atoms with Crippen LogP contribution >= 0.6 is 31.9 Å². The van der Waals surface area contributed by atoms with Crippen LogP contribution in [-0.2, 0) is 16.6 Å². The number of halogens is 2. The summed E-state index contributed by atoms with van der Waals surface area (Å²) in [6, 6.07) is 10.0. The molecular formula is C14H13Br2NO3S. The van der Waals surface area contributed by atoms with Crippen LogP contribution < -0.4 is 4.72 Å². The third-order valence-corrected chi connectivity index (χ3v) is 5.85. The summed E-state index contributed by atoms with van der Waals surface area (Å²) < 4.78 is 28.6. The summed E-state index contributed by atoms with van der Waals surface area (Å²) in [5, 5.41) is 9.15. The van der Waals surface area contributed by atoms with Crippen molar-refractivity contribution in [2.24, 2.45) is 0 Å². The molecule has 2 aromatic carbocycles. The molecule has 0 unspecified atom stereocenters. The van der Waals surface area contributed by atoms with E-state index in [-0.39, 0.29) is 11.5 Å². The molecule has 0 aliphatic rings. The number of anilines is 1. The minimum absolute atomic E-state index is 0.0847. The van der Waals surface area contributed by atoms with Gasteiger partial charge in [0, 0.05) is 8.95 Å². The lowest BCUT2D eigenvalue weighted by atomic mass is 10.2. The first kappa shape index (κ1) is 16.5. The Morgan fingerprint density at radius 3 is 2.43 bits per heavy atom. The van der Waals surface area contributed by atoms with Crippen LogP contribution in [0.5, 0.6) is 0 Å². The quantitative estimate of drug-likeness (QED) is 0.768. The number of sulfonamides is 1. The van der Waals surface area contributed by atoms with Crippen LogP contribution in [0.2, 0.25) is 0 Å². The van der Waals surface area contributed by atoms with Crippen molar-refractivity contribution >= 4 is 47.6 Å². The zero-order chi connectivity index (χ0) is 15.6. The van der Waals surface area contributed by atoms with Gasteiger partial charge in [0.25, 0.3) is 10.0 Å². The molecule has 0 saturated heterocycles. The lowest BCUT2D eigenvalue weighted by Crippen LogP contribution is -2.14. The van der Waals surface area contributed by atoms with Gasteiger partial charge in [0.1, 0.15) is 4.90 Å². The van der Waals surface area contributed by atoms with E-state index in [1.807, 2.05) is 19.1 Å². The minimum Gasteiger partial charge on any atom is -0.392 e. The van der Waals surface area contributed by atoms with Crippen molar-refractivity contribution in [1.29, 1.82) is 0 Å². The molecule has 2 aromatic rings.